The van der Waals surface area contributed by atoms with Crippen LogP contribution in [0.3, 0.4) is 0 Å². The molecular formula is C27H23N3O6S2. The smallest absolute Gasteiger partial charge is 0.264 e. The summed E-state index contributed by atoms with van der Waals surface area (Å²) >= 11 is 1.21. The van der Waals surface area contributed by atoms with Crippen molar-refractivity contribution in [2.24, 2.45) is 4.99 Å². The minimum atomic E-state index is -3.94. The van der Waals surface area contributed by atoms with Gasteiger partial charge in [0.05, 0.1) is 21.9 Å². The van der Waals surface area contributed by atoms with Gasteiger partial charge < -0.3 is 14.8 Å². The highest BCUT2D eigenvalue weighted by atomic mass is 32.2. The Bertz CT molecular complexity index is 1560. The number of aryl methyl sites for hydroxylation is 1. The number of nitrogens with zero attached hydrogens (tertiary/aromatic N) is 1. The van der Waals surface area contributed by atoms with Crippen LogP contribution in [0.2, 0.25) is 0 Å². The van der Waals surface area contributed by atoms with Crippen molar-refractivity contribution in [2.75, 3.05) is 13.2 Å². The summed E-state index contributed by atoms with van der Waals surface area (Å²) in [7, 11) is -3.94. The molecule has 2 aliphatic rings. The summed E-state index contributed by atoms with van der Waals surface area (Å²) in [5.74, 6) is 0.422. The Morgan fingerprint density at radius 3 is 2.47 bits per heavy atom. The van der Waals surface area contributed by atoms with Crippen molar-refractivity contribution >= 4 is 50.5 Å². The van der Waals surface area contributed by atoms with Crippen LogP contribution < -0.4 is 19.5 Å². The van der Waals surface area contributed by atoms with Crippen molar-refractivity contribution in [1.82, 2.24) is 10.0 Å². The number of amidine groups is 1. The van der Waals surface area contributed by atoms with Gasteiger partial charge in [-0.05, 0) is 72.3 Å². The molecule has 0 radical (unpaired) electrons. The summed E-state index contributed by atoms with van der Waals surface area (Å²) in [6.07, 6.45) is 1.64. The van der Waals surface area contributed by atoms with Crippen LogP contribution in [-0.4, -0.2) is 38.6 Å². The predicted molar refractivity (Wildman–Crippen MR) is 145 cm³/mol. The van der Waals surface area contributed by atoms with Crippen LogP contribution in [0.1, 0.15) is 16.7 Å². The Balaban J connectivity index is 1.21. The van der Waals surface area contributed by atoms with Crippen LogP contribution >= 0.6 is 11.8 Å². The number of carbonyl (C=O) groups is 2. The van der Waals surface area contributed by atoms with Crippen LogP contribution in [0.4, 0.5) is 5.69 Å². The van der Waals surface area contributed by atoms with E-state index in [4.69, 9.17) is 9.47 Å². The fraction of sp³-hybridized carbons (Fsp3) is 0.148. The van der Waals surface area contributed by atoms with Gasteiger partial charge in [0.15, 0.2) is 16.7 Å². The lowest BCUT2D eigenvalue weighted by Gasteiger charge is -2.18. The number of carbonyl (C=O) groups excluding carboxylic acids is 2. The van der Waals surface area contributed by atoms with Gasteiger partial charge in [-0.3, -0.25) is 9.59 Å². The van der Waals surface area contributed by atoms with E-state index in [0.29, 0.717) is 46.0 Å². The van der Waals surface area contributed by atoms with Crippen LogP contribution in [0.15, 0.2) is 81.5 Å². The maximum atomic E-state index is 12.4. The Morgan fingerprint density at radius 2 is 1.74 bits per heavy atom. The number of benzene rings is 3. The van der Waals surface area contributed by atoms with Gasteiger partial charge in [-0.25, -0.2) is 18.1 Å². The third-order valence-electron chi connectivity index (χ3n) is 5.63. The Hall–Kier alpha value is -4.09. The third kappa shape index (κ3) is 6.06. The third-order valence-corrected chi connectivity index (χ3v) is 7.93. The Kier molecular flexibility index (Phi) is 7.21. The highest BCUT2D eigenvalue weighted by Gasteiger charge is 2.24. The lowest BCUT2D eigenvalue weighted by Crippen LogP contribution is -2.31. The zero-order valence-electron chi connectivity index (χ0n) is 20.3. The number of amides is 2. The Morgan fingerprint density at radius 1 is 1.03 bits per heavy atom. The van der Waals surface area contributed by atoms with Gasteiger partial charge in [0.2, 0.25) is 5.91 Å². The van der Waals surface area contributed by atoms with E-state index in [0.717, 1.165) is 11.1 Å². The van der Waals surface area contributed by atoms with E-state index in [1.165, 1.54) is 23.9 Å². The molecule has 1 fully saturated rings. The lowest BCUT2D eigenvalue weighted by molar-refractivity contribution is -0.118. The number of sulfonamides is 1. The van der Waals surface area contributed by atoms with Crippen molar-refractivity contribution in [1.29, 1.82) is 0 Å². The second kappa shape index (κ2) is 10.7. The molecule has 11 heteroatoms. The van der Waals surface area contributed by atoms with Gasteiger partial charge in [-0.15, -0.1) is 0 Å². The van der Waals surface area contributed by atoms with Crippen LogP contribution in [-0.2, 0) is 26.0 Å². The standard InChI is InChI=1S/C27H23N3O6S2/c1-17-2-9-21(10-3-17)38(33,34)30-25(31)16-18-4-7-20(8-5-18)28-27-29-26(32)24(37-27)15-19-6-11-22-23(14-19)36-13-12-35-22/h2-11,14-15H,12-13,16H2,1H3,(H,30,31)(H,28,29,32). The number of fused-ring (bicyclic) bond motifs is 1. The van der Waals surface area contributed by atoms with Gasteiger partial charge in [0.1, 0.15) is 13.2 Å². The maximum absolute atomic E-state index is 12.4. The monoisotopic (exact) mass is 549 g/mol. The molecule has 3 aromatic rings. The molecule has 194 valence electrons. The molecule has 3 aromatic carbocycles. The average Bonchev–Trinajstić information content (AvgIpc) is 3.23. The first-order chi connectivity index (χ1) is 18.2. The van der Waals surface area contributed by atoms with E-state index in [1.807, 2.05) is 25.1 Å². The molecule has 0 spiro atoms. The second-order valence-corrected chi connectivity index (χ2v) is 11.3. The van der Waals surface area contributed by atoms with Crippen molar-refractivity contribution in [3.05, 3.63) is 88.3 Å². The van der Waals surface area contributed by atoms with Crippen LogP contribution in [0.25, 0.3) is 6.08 Å². The topological polar surface area (TPSA) is 123 Å². The fourth-order valence-electron chi connectivity index (χ4n) is 3.73. The molecule has 5 rings (SSSR count). The second-order valence-electron chi connectivity index (χ2n) is 8.57. The number of ether oxygens (including phenoxy) is 2. The molecule has 2 amide bonds. The average molecular weight is 550 g/mol. The normalized spacial score (nSPS) is 16.9. The summed E-state index contributed by atoms with van der Waals surface area (Å²) in [6, 6.07) is 18.5. The van der Waals surface area contributed by atoms with Crippen LogP contribution in [0, 0.1) is 6.92 Å². The predicted octanol–water partition coefficient (Wildman–Crippen LogP) is 3.71. The van der Waals surface area contributed by atoms with Crippen molar-refractivity contribution < 1.29 is 27.5 Å². The van der Waals surface area contributed by atoms with Crippen LogP contribution in [0.5, 0.6) is 11.5 Å². The molecule has 9 nitrogen and oxygen atoms in total. The highest BCUT2D eigenvalue weighted by Crippen LogP contribution is 2.33. The van der Waals surface area contributed by atoms with E-state index in [-0.39, 0.29) is 17.2 Å². The summed E-state index contributed by atoms with van der Waals surface area (Å²) in [5, 5.41) is 3.17. The van der Waals surface area contributed by atoms with E-state index in [9.17, 15) is 18.0 Å². The molecule has 0 atom stereocenters. The fourth-order valence-corrected chi connectivity index (χ4v) is 5.56. The van der Waals surface area contributed by atoms with Crippen molar-refractivity contribution in [3.8, 4) is 11.5 Å². The summed E-state index contributed by atoms with van der Waals surface area (Å²) < 4.78 is 38.1. The molecular weight excluding hydrogens is 526 g/mol. The van der Waals surface area contributed by atoms with Gasteiger partial charge in [-0.2, -0.15) is 0 Å². The molecule has 2 heterocycles. The number of hydrogen-bond acceptors (Lipinski definition) is 8. The van der Waals surface area contributed by atoms with E-state index < -0.39 is 15.9 Å². The SMILES string of the molecule is Cc1ccc(S(=O)(=O)NC(=O)Cc2ccc(N=C3NC(=O)C(=Cc4ccc5c(c4)OCCO5)S3)cc2)cc1. The minimum Gasteiger partial charge on any atom is -0.486 e. The molecule has 1 saturated heterocycles. The molecule has 0 aromatic heterocycles. The quantitative estimate of drug-likeness (QED) is 0.450. The first kappa shape index (κ1) is 25.6. The molecule has 0 bridgehead atoms. The number of aliphatic imine (C=N–C) groups is 1. The largest absolute Gasteiger partial charge is 0.486 e. The molecule has 0 unspecified atom stereocenters. The van der Waals surface area contributed by atoms with Gasteiger partial charge >= 0.3 is 0 Å². The molecule has 38 heavy (non-hydrogen) atoms. The molecule has 0 saturated carbocycles. The first-order valence-electron chi connectivity index (χ1n) is 11.7. The first-order valence-corrected chi connectivity index (χ1v) is 14.0. The number of hydrogen-bond donors (Lipinski definition) is 2. The number of thioether (sulfide) groups is 1. The lowest BCUT2D eigenvalue weighted by atomic mass is 10.1. The summed E-state index contributed by atoms with van der Waals surface area (Å²) in [6.45, 7) is 2.84. The zero-order chi connectivity index (χ0) is 26.7. The molecule has 2 N–H and O–H groups in total. The van der Waals surface area contributed by atoms with Gasteiger partial charge in [0, 0.05) is 0 Å². The Labute approximate surface area is 224 Å². The zero-order valence-corrected chi connectivity index (χ0v) is 21.9. The van der Waals surface area contributed by atoms with Gasteiger partial charge in [0.25, 0.3) is 15.9 Å². The van der Waals surface area contributed by atoms with E-state index in [1.54, 1.807) is 42.5 Å². The summed E-state index contributed by atoms with van der Waals surface area (Å²) in [5.41, 5.74) is 2.92. The number of nitrogens with one attached hydrogen (secondary N) is 2. The number of rotatable bonds is 6. The summed E-state index contributed by atoms with van der Waals surface area (Å²) in [4.78, 5) is 29.8. The van der Waals surface area contributed by atoms with Crippen molar-refractivity contribution in [3.63, 3.8) is 0 Å². The van der Waals surface area contributed by atoms with Gasteiger partial charge in [-0.1, -0.05) is 35.9 Å². The highest BCUT2D eigenvalue weighted by molar-refractivity contribution is 8.18. The minimum absolute atomic E-state index is 0.0288. The molecule has 2 aliphatic heterocycles. The van der Waals surface area contributed by atoms with E-state index >= 15 is 0 Å². The van der Waals surface area contributed by atoms with Crippen molar-refractivity contribution in [2.45, 2.75) is 18.2 Å². The maximum Gasteiger partial charge on any atom is 0.264 e. The molecule has 0 aliphatic carbocycles. The van der Waals surface area contributed by atoms with E-state index in [2.05, 4.69) is 15.0 Å².